The van der Waals surface area contributed by atoms with Crippen LogP contribution in [0.25, 0.3) is 0 Å². The summed E-state index contributed by atoms with van der Waals surface area (Å²) in [5.41, 5.74) is 0. The Labute approximate surface area is 795 Å². The normalized spacial score (nSPS) is 34.6. The molecule has 0 spiro atoms. The summed E-state index contributed by atoms with van der Waals surface area (Å²) in [5, 5.41) is 0. The van der Waals surface area contributed by atoms with Crippen molar-refractivity contribution in [3.8, 4) is 0 Å². The van der Waals surface area contributed by atoms with E-state index in [0.29, 0.717) is 0 Å². The van der Waals surface area contributed by atoms with E-state index in [2.05, 4.69) is 0 Å². The third-order valence-electron chi connectivity index (χ3n) is 20.6. The zero-order valence-corrected chi connectivity index (χ0v) is 79.5. The zero-order chi connectivity index (χ0) is 104. The maximum atomic E-state index is 14.0. The van der Waals surface area contributed by atoms with Crippen molar-refractivity contribution in [2.24, 2.45) is 0 Å². The molecule has 21 aliphatic heterocycles. The Hall–Kier alpha value is -11.7. The molecular formula is C84H112O56. The Kier molecular flexibility index (Phi) is 41.9. The van der Waals surface area contributed by atoms with Gasteiger partial charge in [-0.3, -0.25) is 101 Å². The molecule has 56 nitrogen and oxygen atoms in total. The lowest BCUT2D eigenvalue weighted by atomic mass is 9.94. The largest absolute Gasteiger partial charge is 0.463 e. The second-order valence-electron chi connectivity index (χ2n) is 32.2. The van der Waals surface area contributed by atoms with Gasteiger partial charge < -0.3 is 166 Å². The second-order valence-corrected chi connectivity index (χ2v) is 32.2. The summed E-state index contributed by atoms with van der Waals surface area (Å²) in [4.78, 5) is 287. The minimum absolute atomic E-state index is 0.791. The first kappa shape index (κ1) is 114. The van der Waals surface area contributed by atoms with Crippen molar-refractivity contribution in [2.75, 3.05) is 46.2 Å². The molecule has 21 heterocycles. The Morgan fingerprint density at radius 2 is 0.214 bits per heavy atom. The molecular weight excluding hydrogens is 1900 g/mol. The fraction of sp³-hybridized carbons (Fsp3) is 0.750. The van der Waals surface area contributed by atoms with E-state index in [1.54, 1.807) is 0 Å². The van der Waals surface area contributed by atoms with Crippen molar-refractivity contribution in [1.29, 1.82) is 0 Å². The highest BCUT2D eigenvalue weighted by Crippen LogP contribution is 2.45. The molecule has 21 aliphatic rings. The molecule has 0 aromatic rings. The minimum Gasteiger partial charge on any atom is -0.463 e. The first-order valence-electron chi connectivity index (χ1n) is 43.2. The van der Waals surface area contributed by atoms with Gasteiger partial charge in [-0.25, -0.2) is 0 Å². The van der Waals surface area contributed by atoms with Crippen LogP contribution >= 0.6 is 0 Å². The van der Waals surface area contributed by atoms with Gasteiger partial charge in [-0.2, -0.15) is 0 Å². The monoisotopic (exact) mass is 2020 g/mol. The van der Waals surface area contributed by atoms with Gasteiger partial charge in [-0.05, 0) is 0 Å². The number of carbonyl (C=O) groups is 21. The van der Waals surface area contributed by atoms with Gasteiger partial charge >= 0.3 is 125 Å². The first-order valence-corrected chi connectivity index (χ1v) is 43.2. The minimum atomic E-state index is -2.47. The van der Waals surface area contributed by atoms with E-state index in [1.165, 1.54) is 0 Å². The molecule has 0 radical (unpaired) electrons. The predicted molar refractivity (Wildman–Crippen MR) is 429 cm³/mol. The molecule has 0 aromatic carbocycles. The van der Waals surface area contributed by atoms with Crippen molar-refractivity contribution < 1.29 is 266 Å². The first-order chi connectivity index (χ1) is 65.7. The molecule has 0 amide bonds. The van der Waals surface area contributed by atoms with E-state index in [4.69, 9.17) is 166 Å². The molecule has 21 rings (SSSR count). The lowest BCUT2D eigenvalue weighted by Crippen LogP contribution is -2.70. The number of carbonyl (C=O) groups excluding carboxylic acids is 21. The fourth-order valence-electron chi connectivity index (χ4n) is 16.0. The average molecular weight is 2020 g/mol. The number of rotatable bonds is 28. The number of esters is 21. The molecule has 0 saturated carbocycles. The molecule has 0 aromatic heterocycles. The molecule has 35 atom stereocenters. The van der Waals surface area contributed by atoms with Crippen LogP contribution < -0.4 is 0 Å². The van der Waals surface area contributed by atoms with Crippen LogP contribution in [0.5, 0.6) is 0 Å². The van der Waals surface area contributed by atoms with E-state index in [1.807, 2.05) is 0 Å². The third kappa shape index (κ3) is 32.4. The molecule has 14 bridgehead atoms. The highest BCUT2D eigenvalue weighted by Gasteiger charge is 2.66. The van der Waals surface area contributed by atoms with Crippen LogP contribution in [0.15, 0.2) is 0 Å². The van der Waals surface area contributed by atoms with E-state index in [-0.39, 0.29) is 0 Å². The summed E-state index contributed by atoms with van der Waals surface area (Å²) in [7, 11) is 0. The van der Waals surface area contributed by atoms with Crippen LogP contribution in [0.2, 0.25) is 0 Å². The summed E-state index contributed by atoms with van der Waals surface area (Å²) < 4.78 is 215. The summed E-state index contributed by atoms with van der Waals surface area (Å²) in [5.74, 6) is -26.2. The van der Waals surface area contributed by atoms with Crippen molar-refractivity contribution in [1.82, 2.24) is 0 Å². The topological polar surface area (TPSA) is 682 Å². The van der Waals surface area contributed by atoms with Crippen LogP contribution in [0.4, 0.5) is 0 Å². The maximum absolute atomic E-state index is 14.0. The third-order valence-corrected chi connectivity index (χ3v) is 20.6. The van der Waals surface area contributed by atoms with Crippen molar-refractivity contribution in [3.63, 3.8) is 0 Å². The average Bonchev–Trinajstić information content (AvgIpc) is 0.783. The van der Waals surface area contributed by atoms with Crippen molar-refractivity contribution in [3.05, 3.63) is 0 Å². The predicted octanol–water partition coefficient (Wildman–Crippen LogP) is -3.24. The highest BCUT2D eigenvalue weighted by molar-refractivity contribution is 5.74. The Balaban J connectivity index is 1.52. The van der Waals surface area contributed by atoms with Gasteiger partial charge in [0.2, 0.25) is 0 Å². The van der Waals surface area contributed by atoms with Gasteiger partial charge in [0, 0.05) is 145 Å². The van der Waals surface area contributed by atoms with Crippen LogP contribution in [-0.2, 0) is 266 Å². The Morgan fingerprint density at radius 1 is 0.129 bits per heavy atom. The van der Waals surface area contributed by atoms with Gasteiger partial charge in [0.1, 0.15) is 132 Å². The molecule has 140 heavy (non-hydrogen) atoms. The number of hydrogen-bond donors (Lipinski definition) is 0. The smallest absolute Gasteiger partial charge is 0.303 e. The summed E-state index contributed by atoms with van der Waals surface area (Å²) in [6, 6.07) is 0. The lowest BCUT2D eigenvalue weighted by molar-refractivity contribution is -0.396. The second kappa shape index (κ2) is 51.6. The standard InChI is InChI=1S/C84H112O56/c1-29(85)106-22-50-57-64(113-36(8)92)71(120-43(15)99)78(127-50)135-58-51(23-107-30(2)86)129-80(73(122-45(17)101)65(58)114-37(9)93)137-60-53(25-109-32(4)88)131-82(75(124-47(19)103)67(60)116-39(11)95)139-62-55(27-111-34(6)90)133-84(77(126-49(21)105)69(62)118-41(13)97)140-63-56(28-112-35(7)91)132-83(76(125-48(20)104)70(63)119-42(14)98)138-61-54(26-110-33(5)89)130-81(74(123-46(18)102)68(61)117-40(12)96)136-59-52(24-108-31(3)87)128-79(134-57)72(121-44(16)100)66(59)115-38(10)94/h50-84H,22-28H2,1-21H3/t50?,51?,52?,53?,54?,55?,56?,57?,58?,59?,60?,61?,62?,63?,64?,65?,66?,67?,68?,69?,70?,71?,72?,73?,74?,75?,76?,77?,78-,79?,80?,81?,82?,83-,84?/m0/s1. The molecule has 33 unspecified atom stereocenters. The molecule has 56 heteroatoms. The molecule has 21 saturated heterocycles. The maximum Gasteiger partial charge on any atom is 0.303 e. The number of ether oxygens (including phenoxy) is 35. The molecule has 0 N–H and O–H groups in total. The van der Waals surface area contributed by atoms with Crippen LogP contribution in [0, 0.1) is 0 Å². The van der Waals surface area contributed by atoms with E-state index >= 15 is 0 Å². The van der Waals surface area contributed by atoms with Gasteiger partial charge in [0.05, 0.1) is 0 Å². The summed E-state index contributed by atoms with van der Waals surface area (Å²) in [6.45, 7) is 9.45. The van der Waals surface area contributed by atoms with Gasteiger partial charge in [-0.15, -0.1) is 0 Å². The highest BCUT2D eigenvalue weighted by atomic mass is 16.8. The Morgan fingerprint density at radius 3 is 0.293 bits per heavy atom. The van der Waals surface area contributed by atoms with E-state index in [9.17, 15) is 101 Å². The van der Waals surface area contributed by atoms with Gasteiger partial charge in [-0.1, -0.05) is 0 Å². The van der Waals surface area contributed by atoms with Crippen LogP contribution in [0.3, 0.4) is 0 Å². The summed E-state index contributed by atoms with van der Waals surface area (Å²) in [6.07, 6.45) is -81.4. The van der Waals surface area contributed by atoms with E-state index < -0.39 is 387 Å². The lowest BCUT2D eigenvalue weighted by Gasteiger charge is -2.52. The molecule has 0 aliphatic carbocycles. The molecule has 784 valence electrons. The fourth-order valence-corrected chi connectivity index (χ4v) is 16.0. The van der Waals surface area contributed by atoms with Gasteiger partial charge in [0.15, 0.2) is 129 Å². The van der Waals surface area contributed by atoms with Crippen LogP contribution in [0.1, 0.15) is 145 Å². The van der Waals surface area contributed by atoms with E-state index in [0.717, 1.165) is 145 Å². The van der Waals surface area contributed by atoms with Gasteiger partial charge in [0.25, 0.3) is 0 Å². The SMILES string of the molecule is CC(=O)OCC1OC2OC3C(COC(C)=O)OC(OC4C(COC(C)=O)O[C@@H](OC5C(COC(C)=O)OC(OC6C(COC(C)=O)OC(OC7C(COC(C)=O)O[C@@H](OC8C(COC(C)=O)OC(OC1C(OC(C)=O)C2OC(C)=O)C(OC(C)=O)C8OC(C)=O)C(OC(C)=O)C7OC(C)=O)C(OC(C)=O)C6OC(C)=O)C(OC(C)=O)C5OC(C)=O)C(OC(C)=O)C4OC(C)=O)C(OC(C)=O)C3OC(C)=O. The molecule has 21 fully saturated rings. The van der Waals surface area contributed by atoms with Crippen molar-refractivity contribution in [2.45, 2.75) is 360 Å². The van der Waals surface area contributed by atoms with Crippen molar-refractivity contribution >= 4 is 125 Å². The summed E-state index contributed by atoms with van der Waals surface area (Å²) >= 11 is 0. The number of hydrogen-bond acceptors (Lipinski definition) is 56. The Bertz CT molecular complexity index is 3700. The van der Waals surface area contributed by atoms with Crippen LogP contribution in [-0.4, -0.2) is 387 Å². The zero-order valence-electron chi connectivity index (χ0n) is 79.5. The quantitative estimate of drug-likeness (QED) is 0.0548.